The molecule has 4 unspecified atom stereocenters. The van der Waals surface area contributed by atoms with Crippen molar-refractivity contribution in [3.8, 4) is 0 Å². The minimum absolute atomic E-state index is 0.753. The van der Waals surface area contributed by atoms with Gasteiger partial charge in [0.25, 0.3) is 0 Å². The van der Waals surface area contributed by atoms with Crippen LogP contribution in [-0.4, -0.2) is 23.6 Å². The lowest BCUT2D eigenvalue weighted by molar-refractivity contribution is 0.220. The molecule has 1 nitrogen and oxygen atoms in total. The fourth-order valence-corrected chi connectivity index (χ4v) is 4.24. The Morgan fingerprint density at radius 2 is 2.00 bits per heavy atom. The summed E-state index contributed by atoms with van der Waals surface area (Å²) in [6.07, 6.45) is 8.54. The van der Waals surface area contributed by atoms with Crippen LogP contribution in [0.2, 0.25) is 0 Å². The zero-order valence-corrected chi connectivity index (χ0v) is 13.7. The molecule has 1 N–H and O–H groups in total. The molecule has 0 aromatic rings. The second-order valence-electron chi connectivity index (χ2n) is 5.92. The molecule has 0 aliphatic heterocycles. The minimum atomic E-state index is 0.753. The Kier molecular flexibility index (Phi) is 8.41. The lowest BCUT2D eigenvalue weighted by Crippen LogP contribution is -2.40. The third-order valence-electron chi connectivity index (χ3n) is 4.57. The average molecular weight is 272 g/mol. The SMILES string of the molecule is CCNC(CSC(C)CC)C1CCCC(CC)C1. The summed E-state index contributed by atoms with van der Waals surface area (Å²) in [5.41, 5.74) is 0. The van der Waals surface area contributed by atoms with Gasteiger partial charge in [0.15, 0.2) is 0 Å². The summed E-state index contributed by atoms with van der Waals surface area (Å²) in [6.45, 7) is 10.4. The van der Waals surface area contributed by atoms with Crippen molar-refractivity contribution in [2.75, 3.05) is 12.3 Å². The van der Waals surface area contributed by atoms with Gasteiger partial charge in [-0.15, -0.1) is 0 Å². The maximum Gasteiger partial charge on any atom is 0.0186 e. The van der Waals surface area contributed by atoms with Crippen LogP contribution in [0.5, 0.6) is 0 Å². The predicted octanol–water partition coefficient (Wildman–Crippen LogP) is 4.71. The number of nitrogens with one attached hydrogen (secondary N) is 1. The molecule has 0 radical (unpaired) electrons. The Balaban J connectivity index is 2.43. The van der Waals surface area contributed by atoms with Crippen LogP contribution in [0.4, 0.5) is 0 Å². The van der Waals surface area contributed by atoms with Crippen molar-refractivity contribution in [2.24, 2.45) is 11.8 Å². The highest BCUT2D eigenvalue weighted by Gasteiger charge is 2.27. The normalized spacial score (nSPS) is 28.0. The third-order valence-corrected chi connectivity index (χ3v) is 6.03. The molecular formula is C16H33NS. The Bertz CT molecular complexity index is 207. The summed E-state index contributed by atoms with van der Waals surface area (Å²) < 4.78 is 0. The van der Waals surface area contributed by atoms with E-state index >= 15 is 0 Å². The van der Waals surface area contributed by atoms with Gasteiger partial charge in [0.2, 0.25) is 0 Å². The van der Waals surface area contributed by atoms with Crippen molar-refractivity contribution in [2.45, 2.75) is 77.5 Å². The van der Waals surface area contributed by atoms with E-state index < -0.39 is 0 Å². The molecule has 0 spiro atoms. The molecule has 1 fully saturated rings. The first kappa shape index (κ1) is 16.4. The molecule has 0 aromatic heterocycles. The van der Waals surface area contributed by atoms with Crippen molar-refractivity contribution >= 4 is 11.8 Å². The zero-order chi connectivity index (χ0) is 13.4. The predicted molar refractivity (Wildman–Crippen MR) is 85.4 cm³/mol. The standard InChI is InChI=1S/C16H33NS/c1-5-13(4)18-12-16(17-7-3)15-10-8-9-14(6-2)11-15/h13-17H,5-12H2,1-4H3. The van der Waals surface area contributed by atoms with Gasteiger partial charge in [0, 0.05) is 17.0 Å². The first-order valence-electron chi connectivity index (χ1n) is 8.06. The van der Waals surface area contributed by atoms with Gasteiger partial charge in [0.1, 0.15) is 0 Å². The molecule has 0 bridgehead atoms. The highest BCUT2D eigenvalue weighted by Crippen LogP contribution is 2.34. The monoisotopic (exact) mass is 271 g/mol. The minimum Gasteiger partial charge on any atom is -0.313 e. The van der Waals surface area contributed by atoms with E-state index in [1.807, 2.05) is 0 Å². The van der Waals surface area contributed by atoms with Crippen molar-refractivity contribution in [3.63, 3.8) is 0 Å². The molecule has 18 heavy (non-hydrogen) atoms. The van der Waals surface area contributed by atoms with Crippen LogP contribution >= 0.6 is 11.8 Å². The smallest absolute Gasteiger partial charge is 0.0186 e. The van der Waals surface area contributed by atoms with E-state index in [-0.39, 0.29) is 0 Å². The van der Waals surface area contributed by atoms with Crippen molar-refractivity contribution in [1.82, 2.24) is 5.32 Å². The van der Waals surface area contributed by atoms with E-state index in [1.54, 1.807) is 0 Å². The summed E-state index contributed by atoms with van der Waals surface area (Å²) >= 11 is 2.16. The average Bonchev–Trinajstić information content (AvgIpc) is 2.43. The molecule has 1 aliphatic carbocycles. The van der Waals surface area contributed by atoms with Gasteiger partial charge in [-0.1, -0.05) is 47.0 Å². The fraction of sp³-hybridized carbons (Fsp3) is 1.00. The lowest BCUT2D eigenvalue weighted by atomic mass is 9.77. The number of hydrogen-bond acceptors (Lipinski definition) is 2. The molecule has 108 valence electrons. The fourth-order valence-electron chi connectivity index (χ4n) is 3.08. The van der Waals surface area contributed by atoms with Gasteiger partial charge < -0.3 is 5.32 Å². The van der Waals surface area contributed by atoms with Crippen molar-refractivity contribution in [3.05, 3.63) is 0 Å². The van der Waals surface area contributed by atoms with Crippen LogP contribution in [0.3, 0.4) is 0 Å². The molecular weight excluding hydrogens is 238 g/mol. The molecule has 2 heteroatoms. The first-order chi connectivity index (χ1) is 8.71. The van der Waals surface area contributed by atoms with Gasteiger partial charge in [-0.05, 0) is 37.6 Å². The van der Waals surface area contributed by atoms with Crippen molar-refractivity contribution in [1.29, 1.82) is 0 Å². The summed E-state index contributed by atoms with van der Waals surface area (Å²) in [7, 11) is 0. The maximum atomic E-state index is 3.76. The Labute approximate surface area is 119 Å². The quantitative estimate of drug-likeness (QED) is 0.686. The molecule has 1 saturated carbocycles. The van der Waals surface area contributed by atoms with Crippen LogP contribution in [0.25, 0.3) is 0 Å². The topological polar surface area (TPSA) is 12.0 Å². The third kappa shape index (κ3) is 5.52. The number of thioether (sulfide) groups is 1. The van der Waals surface area contributed by atoms with Crippen molar-refractivity contribution < 1.29 is 0 Å². The van der Waals surface area contributed by atoms with E-state index in [1.165, 1.54) is 44.3 Å². The zero-order valence-electron chi connectivity index (χ0n) is 12.9. The summed E-state index contributed by atoms with van der Waals surface area (Å²) in [4.78, 5) is 0. The molecule has 4 atom stereocenters. The summed E-state index contributed by atoms with van der Waals surface area (Å²) in [6, 6.07) is 0.753. The van der Waals surface area contributed by atoms with E-state index in [0.29, 0.717) is 0 Å². The van der Waals surface area contributed by atoms with Crippen LogP contribution in [0.15, 0.2) is 0 Å². The molecule has 1 aliphatic rings. The molecule has 0 heterocycles. The van der Waals surface area contributed by atoms with Crippen LogP contribution < -0.4 is 5.32 Å². The summed E-state index contributed by atoms with van der Waals surface area (Å²) in [5, 5.41) is 4.57. The second kappa shape index (κ2) is 9.25. The first-order valence-corrected chi connectivity index (χ1v) is 9.11. The van der Waals surface area contributed by atoms with E-state index in [2.05, 4.69) is 44.8 Å². The van der Waals surface area contributed by atoms with Gasteiger partial charge in [0.05, 0.1) is 0 Å². The van der Waals surface area contributed by atoms with Gasteiger partial charge in [-0.3, -0.25) is 0 Å². The molecule has 0 saturated heterocycles. The molecule has 1 rings (SSSR count). The maximum absolute atomic E-state index is 3.76. The van der Waals surface area contributed by atoms with E-state index in [9.17, 15) is 0 Å². The van der Waals surface area contributed by atoms with Gasteiger partial charge >= 0.3 is 0 Å². The number of hydrogen-bond donors (Lipinski definition) is 1. The second-order valence-corrected chi connectivity index (χ2v) is 7.39. The Hall–Kier alpha value is 0.310. The van der Waals surface area contributed by atoms with Crippen LogP contribution in [0.1, 0.15) is 66.2 Å². The van der Waals surface area contributed by atoms with Gasteiger partial charge in [-0.25, -0.2) is 0 Å². The van der Waals surface area contributed by atoms with E-state index in [4.69, 9.17) is 0 Å². The van der Waals surface area contributed by atoms with Gasteiger partial charge in [-0.2, -0.15) is 11.8 Å². The largest absolute Gasteiger partial charge is 0.313 e. The number of rotatable bonds is 8. The summed E-state index contributed by atoms with van der Waals surface area (Å²) in [5.74, 6) is 3.24. The lowest BCUT2D eigenvalue weighted by Gasteiger charge is -2.35. The molecule has 0 amide bonds. The highest BCUT2D eigenvalue weighted by molar-refractivity contribution is 7.99. The van der Waals surface area contributed by atoms with Crippen LogP contribution in [-0.2, 0) is 0 Å². The van der Waals surface area contributed by atoms with E-state index in [0.717, 1.165) is 29.7 Å². The molecule has 0 aromatic carbocycles. The Morgan fingerprint density at radius 3 is 2.61 bits per heavy atom. The highest BCUT2D eigenvalue weighted by atomic mass is 32.2. The van der Waals surface area contributed by atoms with Crippen LogP contribution in [0, 0.1) is 11.8 Å². The Morgan fingerprint density at radius 1 is 1.22 bits per heavy atom.